The van der Waals surface area contributed by atoms with E-state index in [2.05, 4.69) is 21.9 Å². The zero-order valence-electron chi connectivity index (χ0n) is 10.9. The summed E-state index contributed by atoms with van der Waals surface area (Å²) in [7, 11) is 2.08. The predicted octanol–water partition coefficient (Wildman–Crippen LogP) is 1.02. The van der Waals surface area contributed by atoms with Crippen LogP contribution in [0.1, 0.15) is 10.4 Å². The lowest BCUT2D eigenvalue weighted by Gasteiger charge is -2.32. The zero-order valence-corrected chi connectivity index (χ0v) is 10.9. The largest absolute Gasteiger partial charge is 0.336 e. The molecule has 0 N–H and O–H groups in total. The monoisotopic (exact) mass is 256 g/mol. The second-order valence-electron chi connectivity index (χ2n) is 4.86. The Bertz CT molecular complexity index is 605. The molecule has 1 aromatic heterocycles. The molecule has 2 heterocycles. The molecular weight excluding hydrogens is 240 g/mol. The third-order valence-corrected chi connectivity index (χ3v) is 3.51. The van der Waals surface area contributed by atoms with Gasteiger partial charge in [0, 0.05) is 44.1 Å². The molecule has 1 aromatic carbocycles. The van der Waals surface area contributed by atoms with Crippen LogP contribution >= 0.6 is 0 Å². The standard InChI is InChI=1S/C14H16N4O/c1-17-6-8-18(9-7-17)14(19)11-2-3-12-13(10-11)16-5-4-15-12/h2-5,10H,6-9H2,1H3. The van der Waals surface area contributed by atoms with E-state index in [1.54, 1.807) is 12.4 Å². The molecule has 1 saturated heterocycles. The van der Waals surface area contributed by atoms with E-state index in [0.717, 1.165) is 37.2 Å². The average Bonchev–Trinajstić information content (AvgIpc) is 2.47. The van der Waals surface area contributed by atoms with Gasteiger partial charge < -0.3 is 9.80 Å². The molecule has 1 amide bonds. The maximum absolute atomic E-state index is 12.4. The Kier molecular flexibility index (Phi) is 3.13. The molecule has 0 atom stereocenters. The first-order chi connectivity index (χ1) is 9.24. The van der Waals surface area contributed by atoms with Crippen LogP contribution in [0.2, 0.25) is 0 Å². The van der Waals surface area contributed by atoms with Crippen molar-refractivity contribution in [1.82, 2.24) is 19.8 Å². The summed E-state index contributed by atoms with van der Waals surface area (Å²) in [5.74, 6) is 0.0839. The molecule has 5 nitrogen and oxygen atoms in total. The van der Waals surface area contributed by atoms with Gasteiger partial charge in [0.1, 0.15) is 0 Å². The molecule has 1 aliphatic rings. The van der Waals surface area contributed by atoms with Gasteiger partial charge in [0.25, 0.3) is 5.91 Å². The predicted molar refractivity (Wildman–Crippen MR) is 72.9 cm³/mol. The van der Waals surface area contributed by atoms with Gasteiger partial charge in [-0.15, -0.1) is 0 Å². The SMILES string of the molecule is CN1CCN(C(=O)c2ccc3nccnc3c2)CC1. The summed E-state index contributed by atoms with van der Waals surface area (Å²) in [5.41, 5.74) is 2.28. The van der Waals surface area contributed by atoms with Crippen molar-refractivity contribution in [3.63, 3.8) is 0 Å². The number of amides is 1. The normalized spacial score (nSPS) is 16.8. The summed E-state index contributed by atoms with van der Waals surface area (Å²) in [6.07, 6.45) is 3.30. The highest BCUT2D eigenvalue weighted by atomic mass is 16.2. The van der Waals surface area contributed by atoms with E-state index in [4.69, 9.17) is 0 Å². The number of fused-ring (bicyclic) bond motifs is 1. The molecule has 0 saturated carbocycles. The number of hydrogen-bond acceptors (Lipinski definition) is 4. The quantitative estimate of drug-likeness (QED) is 0.764. The number of piperazine rings is 1. The first-order valence-electron chi connectivity index (χ1n) is 6.42. The van der Waals surface area contributed by atoms with E-state index in [1.165, 1.54) is 0 Å². The van der Waals surface area contributed by atoms with Crippen LogP contribution in [-0.2, 0) is 0 Å². The van der Waals surface area contributed by atoms with Crippen LogP contribution in [0, 0.1) is 0 Å². The summed E-state index contributed by atoms with van der Waals surface area (Å²) >= 11 is 0. The lowest BCUT2D eigenvalue weighted by molar-refractivity contribution is 0.0664. The van der Waals surface area contributed by atoms with Crippen molar-refractivity contribution in [3.05, 3.63) is 36.2 Å². The van der Waals surface area contributed by atoms with Gasteiger partial charge in [0.2, 0.25) is 0 Å². The van der Waals surface area contributed by atoms with Crippen LogP contribution in [0.5, 0.6) is 0 Å². The highest BCUT2D eigenvalue weighted by Gasteiger charge is 2.20. The van der Waals surface area contributed by atoms with Crippen molar-refractivity contribution in [3.8, 4) is 0 Å². The molecule has 0 aliphatic carbocycles. The molecule has 1 fully saturated rings. The van der Waals surface area contributed by atoms with Gasteiger partial charge in [0.05, 0.1) is 11.0 Å². The molecule has 98 valence electrons. The van der Waals surface area contributed by atoms with Gasteiger partial charge in [-0.25, -0.2) is 0 Å². The highest BCUT2D eigenvalue weighted by molar-refractivity contribution is 5.97. The number of benzene rings is 1. The third-order valence-electron chi connectivity index (χ3n) is 3.51. The second-order valence-corrected chi connectivity index (χ2v) is 4.86. The van der Waals surface area contributed by atoms with Crippen molar-refractivity contribution < 1.29 is 4.79 Å². The van der Waals surface area contributed by atoms with Crippen LogP contribution in [0.3, 0.4) is 0 Å². The van der Waals surface area contributed by atoms with E-state index >= 15 is 0 Å². The van der Waals surface area contributed by atoms with Crippen molar-refractivity contribution in [2.24, 2.45) is 0 Å². The lowest BCUT2D eigenvalue weighted by atomic mass is 10.1. The number of nitrogens with zero attached hydrogens (tertiary/aromatic N) is 4. The van der Waals surface area contributed by atoms with Crippen molar-refractivity contribution in [2.45, 2.75) is 0 Å². The Morgan fingerprint density at radius 1 is 1.05 bits per heavy atom. The summed E-state index contributed by atoms with van der Waals surface area (Å²) in [4.78, 5) is 25.0. The van der Waals surface area contributed by atoms with Crippen molar-refractivity contribution >= 4 is 16.9 Å². The van der Waals surface area contributed by atoms with E-state index < -0.39 is 0 Å². The third kappa shape index (κ3) is 2.42. The Hall–Kier alpha value is -2.01. The van der Waals surface area contributed by atoms with Gasteiger partial charge in [-0.3, -0.25) is 14.8 Å². The molecule has 0 spiro atoms. The Morgan fingerprint density at radius 3 is 2.47 bits per heavy atom. The van der Waals surface area contributed by atoms with Crippen LogP contribution in [0.25, 0.3) is 11.0 Å². The molecule has 2 aromatic rings. The molecule has 5 heteroatoms. The smallest absolute Gasteiger partial charge is 0.254 e. The van der Waals surface area contributed by atoms with Crippen LogP contribution in [-0.4, -0.2) is 58.9 Å². The van der Waals surface area contributed by atoms with Crippen LogP contribution < -0.4 is 0 Å². The van der Waals surface area contributed by atoms with E-state index in [-0.39, 0.29) is 5.91 Å². The highest BCUT2D eigenvalue weighted by Crippen LogP contribution is 2.14. The van der Waals surface area contributed by atoms with Gasteiger partial charge in [-0.1, -0.05) is 0 Å². The molecule has 0 bridgehead atoms. The molecule has 19 heavy (non-hydrogen) atoms. The fourth-order valence-corrected chi connectivity index (χ4v) is 2.29. The number of carbonyl (C=O) groups is 1. The fourth-order valence-electron chi connectivity index (χ4n) is 2.29. The Labute approximate surface area is 111 Å². The minimum Gasteiger partial charge on any atom is -0.336 e. The van der Waals surface area contributed by atoms with Gasteiger partial charge in [-0.05, 0) is 25.2 Å². The summed E-state index contributed by atoms with van der Waals surface area (Å²) in [6, 6.07) is 5.51. The van der Waals surface area contributed by atoms with E-state index in [1.807, 2.05) is 23.1 Å². The van der Waals surface area contributed by atoms with E-state index in [0.29, 0.717) is 5.56 Å². The average molecular weight is 256 g/mol. The lowest BCUT2D eigenvalue weighted by Crippen LogP contribution is -2.47. The number of likely N-dealkylation sites (N-methyl/N-ethyl adjacent to an activating group) is 1. The first-order valence-corrected chi connectivity index (χ1v) is 6.42. The minimum absolute atomic E-state index is 0.0839. The fraction of sp³-hybridized carbons (Fsp3) is 0.357. The van der Waals surface area contributed by atoms with Crippen LogP contribution in [0.15, 0.2) is 30.6 Å². The Morgan fingerprint density at radius 2 is 1.74 bits per heavy atom. The summed E-state index contributed by atoms with van der Waals surface area (Å²) < 4.78 is 0. The van der Waals surface area contributed by atoms with Gasteiger partial charge >= 0.3 is 0 Å². The molecule has 3 rings (SSSR count). The number of carbonyl (C=O) groups excluding carboxylic acids is 1. The van der Waals surface area contributed by atoms with Crippen molar-refractivity contribution in [1.29, 1.82) is 0 Å². The maximum atomic E-state index is 12.4. The summed E-state index contributed by atoms with van der Waals surface area (Å²) in [6.45, 7) is 3.43. The molecule has 1 aliphatic heterocycles. The van der Waals surface area contributed by atoms with Gasteiger partial charge in [-0.2, -0.15) is 0 Å². The van der Waals surface area contributed by atoms with E-state index in [9.17, 15) is 4.79 Å². The zero-order chi connectivity index (χ0) is 13.2. The number of rotatable bonds is 1. The number of hydrogen-bond donors (Lipinski definition) is 0. The Balaban J connectivity index is 1.85. The van der Waals surface area contributed by atoms with Gasteiger partial charge in [0.15, 0.2) is 0 Å². The topological polar surface area (TPSA) is 49.3 Å². The summed E-state index contributed by atoms with van der Waals surface area (Å²) in [5, 5.41) is 0. The molecular formula is C14H16N4O. The second kappa shape index (κ2) is 4.93. The first kappa shape index (κ1) is 12.0. The minimum atomic E-state index is 0.0839. The molecule has 0 unspecified atom stereocenters. The molecule has 0 radical (unpaired) electrons. The number of aromatic nitrogens is 2. The van der Waals surface area contributed by atoms with Crippen molar-refractivity contribution in [2.75, 3.05) is 33.2 Å². The van der Waals surface area contributed by atoms with Crippen LogP contribution in [0.4, 0.5) is 0 Å². The maximum Gasteiger partial charge on any atom is 0.254 e.